The van der Waals surface area contributed by atoms with Crippen molar-refractivity contribution < 1.29 is 0 Å². The number of aliphatic imine (C=N–C) groups is 1. The first-order valence-corrected chi connectivity index (χ1v) is 7.06. The minimum Gasteiger partial charge on any atom is -0.376 e. The summed E-state index contributed by atoms with van der Waals surface area (Å²) >= 11 is 6.14. The highest BCUT2D eigenvalue weighted by Crippen LogP contribution is 2.33. The summed E-state index contributed by atoms with van der Waals surface area (Å²) in [7, 11) is 2.17. The predicted molar refractivity (Wildman–Crippen MR) is 80.8 cm³/mol. The van der Waals surface area contributed by atoms with Crippen molar-refractivity contribution in [3.63, 3.8) is 0 Å². The number of fused-ring (bicyclic) bond motifs is 1. The summed E-state index contributed by atoms with van der Waals surface area (Å²) in [5.41, 5.74) is 3.11. The van der Waals surface area contributed by atoms with E-state index in [9.17, 15) is 0 Å². The second-order valence-corrected chi connectivity index (χ2v) is 5.70. The third kappa shape index (κ3) is 2.55. The van der Waals surface area contributed by atoms with E-state index in [1.165, 1.54) is 0 Å². The van der Waals surface area contributed by atoms with Crippen LogP contribution in [0.2, 0.25) is 5.02 Å². The molecule has 0 aliphatic carbocycles. The van der Waals surface area contributed by atoms with Gasteiger partial charge < -0.3 is 15.1 Å². The summed E-state index contributed by atoms with van der Waals surface area (Å²) in [5, 5.41) is 4.21. The Balaban J connectivity index is 1.85. The molecule has 0 saturated carbocycles. The quantitative estimate of drug-likeness (QED) is 0.790. The zero-order valence-electron chi connectivity index (χ0n) is 11.4. The molecule has 102 valence electrons. The summed E-state index contributed by atoms with van der Waals surface area (Å²) in [5.74, 6) is 1.14. The van der Waals surface area contributed by atoms with Crippen LogP contribution in [0.4, 0.5) is 11.4 Å². The number of aryl methyl sites for hydroxylation is 1. The molecule has 2 heterocycles. The van der Waals surface area contributed by atoms with Crippen molar-refractivity contribution in [1.82, 2.24) is 9.80 Å². The van der Waals surface area contributed by atoms with E-state index in [4.69, 9.17) is 16.6 Å². The van der Waals surface area contributed by atoms with E-state index in [2.05, 4.69) is 28.2 Å². The molecule has 0 bridgehead atoms. The molecule has 0 aromatic heterocycles. The number of benzene rings is 1. The van der Waals surface area contributed by atoms with Crippen LogP contribution in [-0.2, 0) is 0 Å². The second-order valence-electron chi connectivity index (χ2n) is 5.29. The standard InChI is InChI=1S/C14H19ClN4/c1-10-7-13-12(8-11(10)15)16-9-14(17-13)19-5-3-18(2)4-6-19/h7-8,16H,3-6,9H2,1-2H3. The second kappa shape index (κ2) is 5.02. The minimum atomic E-state index is 0.788. The van der Waals surface area contributed by atoms with Crippen molar-refractivity contribution >= 4 is 28.8 Å². The summed E-state index contributed by atoms with van der Waals surface area (Å²) in [4.78, 5) is 9.53. The van der Waals surface area contributed by atoms with Crippen LogP contribution in [0, 0.1) is 6.92 Å². The van der Waals surface area contributed by atoms with E-state index in [1.807, 2.05) is 13.0 Å². The molecule has 0 unspecified atom stereocenters. The van der Waals surface area contributed by atoms with Gasteiger partial charge in [-0.25, -0.2) is 4.99 Å². The summed E-state index contributed by atoms with van der Waals surface area (Å²) in [6.45, 7) is 7.12. The largest absolute Gasteiger partial charge is 0.376 e. The Hall–Kier alpha value is -1.26. The van der Waals surface area contributed by atoms with Gasteiger partial charge in [0.15, 0.2) is 0 Å². The first-order valence-electron chi connectivity index (χ1n) is 6.68. The molecular formula is C14H19ClN4. The van der Waals surface area contributed by atoms with Crippen LogP contribution in [0.3, 0.4) is 0 Å². The molecule has 5 heteroatoms. The lowest BCUT2D eigenvalue weighted by atomic mass is 10.1. The van der Waals surface area contributed by atoms with E-state index >= 15 is 0 Å². The Morgan fingerprint density at radius 2 is 1.95 bits per heavy atom. The van der Waals surface area contributed by atoms with Gasteiger partial charge in [0.05, 0.1) is 17.9 Å². The van der Waals surface area contributed by atoms with E-state index in [1.54, 1.807) is 0 Å². The Labute approximate surface area is 119 Å². The lowest BCUT2D eigenvalue weighted by molar-refractivity contribution is 0.214. The number of piperazine rings is 1. The average Bonchev–Trinajstić information content (AvgIpc) is 2.40. The van der Waals surface area contributed by atoms with Gasteiger partial charge in [-0.05, 0) is 31.7 Å². The highest BCUT2D eigenvalue weighted by Gasteiger charge is 2.21. The van der Waals surface area contributed by atoms with Crippen LogP contribution in [0.1, 0.15) is 5.56 Å². The van der Waals surface area contributed by atoms with Crippen molar-refractivity contribution in [3.05, 3.63) is 22.7 Å². The van der Waals surface area contributed by atoms with Crippen molar-refractivity contribution in [3.8, 4) is 0 Å². The number of likely N-dealkylation sites (N-methyl/N-ethyl adjacent to an activating group) is 1. The van der Waals surface area contributed by atoms with Crippen LogP contribution in [0.25, 0.3) is 0 Å². The molecule has 0 amide bonds. The van der Waals surface area contributed by atoms with Crippen molar-refractivity contribution in [2.75, 3.05) is 45.1 Å². The van der Waals surface area contributed by atoms with Crippen LogP contribution in [0.15, 0.2) is 17.1 Å². The fourth-order valence-corrected chi connectivity index (χ4v) is 2.66. The lowest BCUT2D eigenvalue weighted by Gasteiger charge is -2.36. The Morgan fingerprint density at radius 3 is 2.68 bits per heavy atom. The first-order chi connectivity index (χ1) is 9.13. The van der Waals surface area contributed by atoms with E-state index in [-0.39, 0.29) is 0 Å². The van der Waals surface area contributed by atoms with Gasteiger partial charge >= 0.3 is 0 Å². The Bertz CT molecular complexity index is 518. The molecule has 3 rings (SSSR count). The molecule has 2 aliphatic rings. The average molecular weight is 279 g/mol. The van der Waals surface area contributed by atoms with Gasteiger partial charge in [-0.1, -0.05) is 11.6 Å². The molecule has 4 nitrogen and oxygen atoms in total. The highest BCUT2D eigenvalue weighted by atomic mass is 35.5. The van der Waals surface area contributed by atoms with Gasteiger partial charge in [0.25, 0.3) is 0 Å². The summed E-state index contributed by atoms with van der Waals surface area (Å²) in [6.07, 6.45) is 0. The fraction of sp³-hybridized carbons (Fsp3) is 0.500. The predicted octanol–water partition coefficient (Wildman–Crippen LogP) is 2.35. The van der Waals surface area contributed by atoms with Gasteiger partial charge in [0.2, 0.25) is 0 Å². The van der Waals surface area contributed by atoms with Gasteiger partial charge in [-0.3, -0.25) is 0 Å². The molecular weight excluding hydrogens is 260 g/mol. The monoisotopic (exact) mass is 278 g/mol. The molecule has 1 aromatic rings. The van der Waals surface area contributed by atoms with Crippen LogP contribution in [0.5, 0.6) is 0 Å². The van der Waals surface area contributed by atoms with E-state index < -0.39 is 0 Å². The zero-order chi connectivity index (χ0) is 13.4. The Morgan fingerprint density at radius 1 is 1.21 bits per heavy atom. The van der Waals surface area contributed by atoms with Gasteiger partial charge in [-0.15, -0.1) is 0 Å². The van der Waals surface area contributed by atoms with Gasteiger partial charge in [0.1, 0.15) is 5.84 Å². The first kappa shape index (κ1) is 12.8. The van der Waals surface area contributed by atoms with Crippen LogP contribution in [-0.4, -0.2) is 55.4 Å². The number of rotatable bonds is 0. The molecule has 19 heavy (non-hydrogen) atoms. The molecule has 0 atom stereocenters. The van der Waals surface area contributed by atoms with E-state index in [0.717, 1.165) is 60.5 Å². The molecule has 1 saturated heterocycles. The van der Waals surface area contributed by atoms with Crippen molar-refractivity contribution in [2.24, 2.45) is 4.99 Å². The smallest absolute Gasteiger partial charge is 0.124 e. The van der Waals surface area contributed by atoms with Crippen LogP contribution >= 0.6 is 11.6 Å². The number of hydrogen-bond donors (Lipinski definition) is 1. The number of nitrogens with one attached hydrogen (secondary N) is 1. The maximum absolute atomic E-state index is 6.14. The third-order valence-electron chi connectivity index (χ3n) is 3.83. The number of nitrogens with zero attached hydrogens (tertiary/aromatic N) is 3. The third-order valence-corrected chi connectivity index (χ3v) is 4.24. The molecule has 1 N–H and O–H groups in total. The molecule has 0 spiro atoms. The Kier molecular flexibility index (Phi) is 3.37. The number of amidine groups is 1. The molecule has 1 fully saturated rings. The topological polar surface area (TPSA) is 30.9 Å². The summed E-state index contributed by atoms with van der Waals surface area (Å²) < 4.78 is 0. The minimum absolute atomic E-state index is 0.788. The van der Waals surface area contributed by atoms with Crippen LogP contribution < -0.4 is 5.32 Å². The van der Waals surface area contributed by atoms with E-state index in [0.29, 0.717) is 0 Å². The van der Waals surface area contributed by atoms with Gasteiger partial charge in [0, 0.05) is 31.2 Å². The fourth-order valence-electron chi connectivity index (χ4n) is 2.50. The maximum atomic E-state index is 6.14. The summed E-state index contributed by atoms with van der Waals surface area (Å²) in [6, 6.07) is 4.02. The molecule has 0 radical (unpaired) electrons. The SMILES string of the molecule is Cc1cc2c(cc1Cl)NCC(N1CCN(C)CC1)=N2. The molecule has 1 aromatic carbocycles. The van der Waals surface area contributed by atoms with Crippen molar-refractivity contribution in [2.45, 2.75) is 6.92 Å². The number of hydrogen-bond acceptors (Lipinski definition) is 4. The normalized spacial score (nSPS) is 19.7. The lowest BCUT2D eigenvalue weighted by Crippen LogP contribution is -2.49. The maximum Gasteiger partial charge on any atom is 0.124 e. The van der Waals surface area contributed by atoms with Crippen molar-refractivity contribution in [1.29, 1.82) is 0 Å². The van der Waals surface area contributed by atoms with Gasteiger partial charge in [-0.2, -0.15) is 0 Å². The molecule has 2 aliphatic heterocycles. The number of anilines is 1. The highest BCUT2D eigenvalue weighted by molar-refractivity contribution is 6.31. The number of halogens is 1. The zero-order valence-corrected chi connectivity index (χ0v) is 12.2.